The van der Waals surface area contributed by atoms with Crippen molar-refractivity contribution in [2.75, 3.05) is 6.54 Å². The van der Waals surface area contributed by atoms with Crippen LogP contribution in [0.2, 0.25) is 0 Å². The molecular formula is C14H23N3O. The zero-order valence-electron chi connectivity index (χ0n) is 11.3. The van der Waals surface area contributed by atoms with E-state index in [-0.39, 0.29) is 11.8 Å². The molecule has 0 radical (unpaired) electrons. The van der Waals surface area contributed by atoms with E-state index in [9.17, 15) is 4.79 Å². The lowest BCUT2D eigenvalue weighted by Gasteiger charge is -2.12. The highest BCUT2D eigenvalue weighted by atomic mass is 16.1. The van der Waals surface area contributed by atoms with Gasteiger partial charge in [0.25, 0.3) is 0 Å². The van der Waals surface area contributed by atoms with E-state index in [0.717, 1.165) is 18.5 Å². The Morgan fingerprint density at radius 3 is 2.89 bits per heavy atom. The highest BCUT2D eigenvalue weighted by Gasteiger charge is 2.10. The lowest BCUT2D eigenvalue weighted by Crippen LogP contribution is -2.28. The van der Waals surface area contributed by atoms with Crippen molar-refractivity contribution in [2.24, 2.45) is 11.7 Å². The molecule has 0 saturated heterocycles. The van der Waals surface area contributed by atoms with Crippen LogP contribution in [0.1, 0.15) is 37.9 Å². The maximum absolute atomic E-state index is 11.7. The maximum atomic E-state index is 11.7. The molecule has 1 heterocycles. The molecule has 0 spiro atoms. The number of hydrogen-bond donors (Lipinski definition) is 2. The Bertz CT molecular complexity index is 375. The van der Waals surface area contributed by atoms with Crippen LogP contribution >= 0.6 is 0 Å². The topological polar surface area (TPSA) is 68.0 Å². The average molecular weight is 249 g/mol. The van der Waals surface area contributed by atoms with Crippen LogP contribution in [0.15, 0.2) is 18.3 Å². The number of aryl methyl sites for hydroxylation is 1. The van der Waals surface area contributed by atoms with Gasteiger partial charge in [0.05, 0.1) is 12.2 Å². The molecule has 0 aromatic carbocycles. The van der Waals surface area contributed by atoms with Crippen LogP contribution < -0.4 is 11.1 Å². The first-order valence-corrected chi connectivity index (χ1v) is 6.60. The van der Waals surface area contributed by atoms with Crippen LogP contribution in [0.25, 0.3) is 0 Å². The number of nitrogens with one attached hydrogen (secondary N) is 1. The van der Waals surface area contributed by atoms with Gasteiger partial charge >= 0.3 is 0 Å². The molecule has 0 bridgehead atoms. The van der Waals surface area contributed by atoms with E-state index >= 15 is 0 Å². The minimum atomic E-state index is 0.0556. The molecule has 1 unspecified atom stereocenters. The van der Waals surface area contributed by atoms with Gasteiger partial charge in [0.1, 0.15) is 0 Å². The van der Waals surface area contributed by atoms with Crippen molar-refractivity contribution in [1.29, 1.82) is 0 Å². The number of rotatable bonds is 7. The number of carbonyl (C=O) groups is 1. The van der Waals surface area contributed by atoms with Gasteiger partial charge in [0, 0.05) is 12.6 Å². The smallest absolute Gasteiger partial charge is 0.220 e. The Hall–Kier alpha value is -1.42. The molecule has 0 saturated carbocycles. The lowest BCUT2D eigenvalue weighted by atomic mass is 10.0. The monoisotopic (exact) mass is 249 g/mol. The Kier molecular flexibility index (Phi) is 6.36. The van der Waals surface area contributed by atoms with Crippen molar-refractivity contribution in [3.8, 4) is 0 Å². The number of nitrogens with zero attached hydrogens (tertiary/aromatic N) is 1. The summed E-state index contributed by atoms with van der Waals surface area (Å²) in [4.78, 5) is 16.1. The van der Waals surface area contributed by atoms with Crippen molar-refractivity contribution < 1.29 is 4.79 Å². The number of carbonyl (C=O) groups excluding carboxylic acids is 1. The molecule has 0 aliphatic heterocycles. The third-order valence-electron chi connectivity index (χ3n) is 3.20. The Labute approximate surface area is 109 Å². The van der Waals surface area contributed by atoms with Crippen molar-refractivity contribution >= 4 is 5.91 Å². The van der Waals surface area contributed by atoms with Crippen LogP contribution in [0.4, 0.5) is 0 Å². The number of amides is 1. The fraction of sp³-hybridized carbons (Fsp3) is 0.571. The average Bonchev–Trinajstić information content (AvgIpc) is 2.42. The molecule has 18 heavy (non-hydrogen) atoms. The zero-order valence-corrected chi connectivity index (χ0v) is 11.3. The molecule has 3 N–H and O–H groups in total. The number of nitrogens with two attached hydrogens (primary N) is 1. The minimum Gasteiger partial charge on any atom is -0.350 e. The molecule has 0 aliphatic rings. The van der Waals surface area contributed by atoms with Gasteiger partial charge in [-0.05, 0) is 30.5 Å². The summed E-state index contributed by atoms with van der Waals surface area (Å²) < 4.78 is 0. The number of hydrogen-bond acceptors (Lipinski definition) is 3. The van der Waals surface area contributed by atoms with Crippen LogP contribution in [0.5, 0.6) is 0 Å². The molecule has 0 aliphatic carbocycles. The fourth-order valence-electron chi connectivity index (χ4n) is 1.86. The molecular weight excluding hydrogens is 226 g/mol. The molecule has 1 rings (SSSR count). The Morgan fingerprint density at radius 1 is 1.50 bits per heavy atom. The van der Waals surface area contributed by atoms with Gasteiger partial charge in [-0.1, -0.05) is 26.3 Å². The highest BCUT2D eigenvalue weighted by Crippen LogP contribution is 2.08. The van der Waals surface area contributed by atoms with Crippen LogP contribution in [-0.2, 0) is 17.8 Å². The maximum Gasteiger partial charge on any atom is 0.220 e. The van der Waals surface area contributed by atoms with Gasteiger partial charge in [-0.3, -0.25) is 9.78 Å². The molecule has 1 aromatic rings. The van der Waals surface area contributed by atoms with Crippen molar-refractivity contribution in [3.63, 3.8) is 0 Å². The van der Waals surface area contributed by atoms with E-state index in [4.69, 9.17) is 5.73 Å². The van der Waals surface area contributed by atoms with Gasteiger partial charge in [-0.25, -0.2) is 0 Å². The highest BCUT2D eigenvalue weighted by molar-refractivity contribution is 5.76. The third-order valence-corrected chi connectivity index (χ3v) is 3.20. The zero-order chi connectivity index (χ0) is 13.4. The Balaban J connectivity index is 2.47. The summed E-state index contributed by atoms with van der Waals surface area (Å²) in [5.41, 5.74) is 7.73. The normalized spacial score (nSPS) is 12.2. The van der Waals surface area contributed by atoms with Gasteiger partial charge in [-0.15, -0.1) is 0 Å². The van der Waals surface area contributed by atoms with E-state index in [1.54, 1.807) is 6.20 Å². The van der Waals surface area contributed by atoms with E-state index in [0.29, 0.717) is 19.5 Å². The van der Waals surface area contributed by atoms with Crippen molar-refractivity contribution in [3.05, 3.63) is 29.6 Å². The summed E-state index contributed by atoms with van der Waals surface area (Å²) >= 11 is 0. The van der Waals surface area contributed by atoms with Gasteiger partial charge in [0.15, 0.2) is 0 Å². The van der Waals surface area contributed by atoms with Gasteiger partial charge in [0.2, 0.25) is 5.91 Å². The lowest BCUT2D eigenvalue weighted by molar-refractivity contribution is -0.122. The summed E-state index contributed by atoms with van der Waals surface area (Å²) in [6, 6.07) is 3.97. The SMILES string of the molecule is CCc1cccnc1CNC(=O)CC(CC)CN. The standard InChI is InChI=1S/C14H23N3O/c1-3-11(9-15)8-14(18)17-10-13-12(4-2)6-5-7-16-13/h5-7,11H,3-4,8-10,15H2,1-2H3,(H,17,18). The summed E-state index contributed by atoms with van der Waals surface area (Å²) in [6.45, 7) is 5.21. The van der Waals surface area contributed by atoms with Gasteiger partial charge in [-0.2, -0.15) is 0 Å². The van der Waals surface area contributed by atoms with Crippen molar-refractivity contribution in [2.45, 2.75) is 39.7 Å². The molecule has 4 heteroatoms. The summed E-state index contributed by atoms with van der Waals surface area (Å²) in [5, 5.41) is 2.92. The predicted octanol–water partition coefficient (Wildman–Crippen LogP) is 1.64. The summed E-state index contributed by atoms with van der Waals surface area (Å²) in [6.07, 6.45) is 4.13. The Morgan fingerprint density at radius 2 is 2.28 bits per heavy atom. The van der Waals surface area contributed by atoms with Gasteiger partial charge < -0.3 is 11.1 Å². The molecule has 100 valence electrons. The van der Waals surface area contributed by atoms with Crippen LogP contribution in [0.3, 0.4) is 0 Å². The largest absolute Gasteiger partial charge is 0.350 e. The second-order valence-electron chi connectivity index (χ2n) is 4.45. The predicted molar refractivity (Wildman–Crippen MR) is 72.9 cm³/mol. The third kappa shape index (κ3) is 4.45. The van der Waals surface area contributed by atoms with E-state index in [1.807, 2.05) is 12.1 Å². The first-order valence-electron chi connectivity index (χ1n) is 6.60. The summed E-state index contributed by atoms with van der Waals surface area (Å²) in [7, 11) is 0. The minimum absolute atomic E-state index is 0.0556. The molecule has 4 nitrogen and oxygen atoms in total. The molecule has 0 fully saturated rings. The first kappa shape index (κ1) is 14.6. The fourth-order valence-corrected chi connectivity index (χ4v) is 1.86. The summed E-state index contributed by atoms with van der Waals surface area (Å²) in [5.74, 6) is 0.333. The van der Waals surface area contributed by atoms with Crippen LogP contribution in [0, 0.1) is 5.92 Å². The van der Waals surface area contributed by atoms with E-state index < -0.39 is 0 Å². The number of pyridine rings is 1. The quantitative estimate of drug-likeness (QED) is 0.772. The van der Waals surface area contributed by atoms with Crippen LogP contribution in [-0.4, -0.2) is 17.4 Å². The van der Waals surface area contributed by atoms with E-state index in [2.05, 4.69) is 24.1 Å². The first-order chi connectivity index (χ1) is 8.71. The van der Waals surface area contributed by atoms with E-state index in [1.165, 1.54) is 5.56 Å². The number of aromatic nitrogens is 1. The molecule has 1 atom stereocenters. The molecule has 1 aromatic heterocycles. The molecule has 1 amide bonds. The second-order valence-corrected chi connectivity index (χ2v) is 4.45. The van der Waals surface area contributed by atoms with Crippen molar-refractivity contribution in [1.82, 2.24) is 10.3 Å². The second kappa shape index (κ2) is 7.82.